The Kier molecular flexibility index (Phi) is 3.88. The van der Waals surface area contributed by atoms with Crippen molar-refractivity contribution in [1.82, 2.24) is 0 Å². The van der Waals surface area contributed by atoms with Gasteiger partial charge in [-0.05, 0) is 70.9 Å². The van der Waals surface area contributed by atoms with Gasteiger partial charge >= 0.3 is 0 Å². The quantitative estimate of drug-likeness (QED) is 0.169. The van der Waals surface area contributed by atoms with Gasteiger partial charge in [-0.2, -0.15) is 0 Å². The predicted octanol–water partition coefficient (Wildman–Crippen LogP) is 5.78. The van der Waals surface area contributed by atoms with Crippen molar-refractivity contribution in [2.24, 2.45) is 0 Å². The molecule has 0 saturated heterocycles. The monoisotopic (exact) mass is 410 g/mol. The van der Waals surface area contributed by atoms with Crippen LogP contribution in [-0.2, 0) is 5.41 Å². The Bertz CT molecular complexity index is 1620. The molecule has 0 aromatic heterocycles. The summed E-state index contributed by atoms with van der Waals surface area (Å²) < 4.78 is 2.54. The Hall–Kier alpha value is -2.06. The van der Waals surface area contributed by atoms with Crippen molar-refractivity contribution in [2.45, 2.75) is 26.2 Å². The third-order valence-corrected chi connectivity index (χ3v) is 7.52. The van der Waals surface area contributed by atoms with Crippen molar-refractivity contribution in [3.05, 3.63) is 72.3 Å². The smallest absolute Gasteiger partial charge is 0.131 e. The second-order valence-electron chi connectivity index (χ2n) is 9.54. The Morgan fingerprint density at radius 2 is 1.23 bits per heavy atom. The van der Waals surface area contributed by atoms with Crippen LogP contribution >= 0.6 is 0 Å². The number of hydrogen-bond acceptors (Lipinski definition) is 0. The van der Waals surface area contributed by atoms with Gasteiger partial charge in [0.05, 0.1) is 0 Å². The molecule has 0 N–H and O–H groups in total. The topological polar surface area (TPSA) is 0 Å². The van der Waals surface area contributed by atoms with E-state index >= 15 is 0 Å². The summed E-state index contributed by atoms with van der Waals surface area (Å²) in [6.45, 7) is 6.88. The average molecular weight is 410 g/mol. The van der Waals surface area contributed by atoms with Gasteiger partial charge in [0.25, 0.3) is 0 Å². The van der Waals surface area contributed by atoms with Crippen LogP contribution in [0, 0.1) is 0 Å². The average Bonchev–Trinajstić information content (AvgIpc) is 2.71. The van der Waals surface area contributed by atoms with Crippen molar-refractivity contribution in [3.63, 3.8) is 0 Å². The molecule has 0 aliphatic carbocycles. The summed E-state index contributed by atoms with van der Waals surface area (Å²) >= 11 is 6.02. The highest BCUT2D eigenvalue weighted by molar-refractivity contribution is 6.51. The van der Waals surface area contributed by atoms with Crippen LogP contribution < -0.4 is 8.85 Å². The van der Waals surface area contributed by atoms with Crippen molar-refractivity contribution in [2.75, 3.05) is 0 Å². The first-order chi connectivity index (χ1) is 14.3. The van der Waals surface area contributed by atoms with E-state index in [1.807, 2.05) is 0 Å². The molecule has 6 rings (SSSR count). The maximum absolute atomic E-state index is 3.02. The summed E-state index contributed by atoms with van der Waals surface area (Å²) in [5.74, 6) is 0. The van der Waals surface area contributed by atoms with E-state index in [4.69, 9.17) is 0 Å². The lowest BCUT2D eigenvalue weighted by molar-refractivity contribution is 0.592. The number of benzene rings is 6. The molecule has 6 aromatic carbocycles. The minimum Gasteiger partial charge on any atom is -0.131 e. The van der Waals surface area contributed by atoms with Gasteiger partial charge < -0.3 is 0 Å². The van der Waals surface area contributed by atoms with Crippen LogP contribution in [0.25, 0.3) is 53.9 Å². The van der Waals surface area contributed by atoms with E-state index in [1.54, 1.807) is 0 Å². The highest BCUT2D eigenvalue weighted by Gasteiger charge is 2.19. The molecule has 0 saturated carbocycles. The molecule has 0 atom stereocenters. The SMILES string of the molecule is CC(C)(C)c1cc2c[c]([Al])c3cc4c5ccccc5ccc4c4[c]([Al])cc(c1)c2c34. The van der Waals surface area contributed by atoms with Gasteiger partial charge in [0, 0.05) is 0 Å². The maximum atomic E-state index is 3.02. The van der Waals surface area contributed by atoms with E-state index in [-0.39, 0.29) is 5.41 Å². The van der Waals surface area contributed by atoms with Gasteiger partial charge in [-0.25, -0.2) is 0 Å². The largest absolute Gasteiger partial charge is 0.176 e. The van der Waals surface area contributed by atoms with E-state index in [1.165, 1.54) is 68.3 Å². The van der Waals surface area contributed by atoms with Crippen LogP contribution in [0.2, 0.25) is 0 Å². The van der Waals surface area contributed by atoms with Gasteiger partial charge in [0.2, 0.25) is 0 Å². The zero-order chi connectivity index (χ0) is 20.8. The van der Waals surface area contributed by atoms with E-state index in [0.717, 1.165) is 0 Å². The molecule has 4 radical (unpaired) electrons. The molecule has 30 heavy (non-hydrogen) atoms. The van der Waals surface area contributed by atoms with E-state index in [0.29, 0.717) is 0 Å². The number of fused-ring (bicyclic) bond motifs is 4. The van der Waals surface area contributed by atoms with E-state index in [2.05, 4.69) is 120 Å². The second-order valence-corrected chi connectivity index (χ2v) is 10.8. The zero-order valence-electron chi connectivity index (χ0n) is 17.5. The molecule has 0 aliphatic rings. The van der Waals surface area contributed by atoms with Crippen molar-refractivity contribution >= 4 is 95.3 Å². The standard InChI is InChI=1S/C28H20.2Al/c1-28(2,3)21-14-18-8-9-20-16-25-22-7-5-4-6-17(22)10-12-23(25)24-13-11-19(15-21)26(18)27(20)24;;/h4-8,10-12,14-16H,1-3H3;;. The van der Waals surface area contributed by atoms with Crippen LogP contribution in [0.3, 0.4) is 0 Å². The van der Waals surface area contributed by atoms with Gasteiger partial charge in [-0.1, -0.05) is 81.4 Å². The lowest BCUT2D eigenvalue weighted by Crippen LogP contribution is -2.14. The van der Waals surface area contributed by atoms with Crippen LogP contribution in [0.4, 0.5) is 0 Å². The van der Waals surface area contributed by atoms with Crippen LogP contribution in [0.15, 0.2) is 66.7 Å². The predicted molar refractivity (Wildman–Crippen MR) is 135 cm³/mol. The molecule has 0 bridgehead atoms. The third kappa shape index (κ3) is 2.53. The van der Waals surface area contributed by atoms with Gasteiger partial charge in [0.1, 0.15) is 0 Å². The van der Waals surface area contributed by atoms with Crippen LogP contribution in [0.5, 0.6) is 0 Å². The van der Waals surface area contributed by atoms with Gasteiger partial charge in [-0.15, -0.1) is 8.85 Å². The third-order valence-electron chi connectivity index (χ3n) is 6.59. The van der Waals surface area contributed by atoms with Crippen molar-refractivity contribution in [3.8, 4) is 0 Å². The fourth-order valence-corrected chi connectivity index (χ4v) is 5.95. The first kappa shape index (κ1) is 18.7. The molecule has 0 fully saturated rings. The highest BCUT2D eigenvalue weighted by atomic mass is 27.1. The minimum absolute atomic E-state index is 0.123. The molecule has 0 spiro atoms. The molecule has 0 aliphatic heterocycles. The fraction of sp³-hybridized carbons (Fsp3) is 0.143. The van der Waals surface area contributed by atoms with E-state index < -0.39 is 0 Å². The molecule has 0 nitrogen and oxygen atoms in total. The van der Waals surface area contributed by atoms with Crippen LogP contribution in [0.1, 0.15) is 26.3 Å². The number of rotatable bonds is 0. The summed E-state index contributed by atoms with van der Waals surface area (Å²) in [5.41, 5.74) is 1.51. The minimum atomic E-state index is 0.123. The normalized spacial score (nSPS) is 12.8. The lowest BCUT2D eigenvalue weighted by Gasteiger charge is -2.24. The molecule has 6 aromatic rings. The Labute approximate surface area is 193 Å². The molecular weight excluding hydrogens is 390 g/mol. The first-order valence-corrected chi connectivity index (χ1v) is 11.6. The van der Waals surface area contributed by atoms with Gasteiger partial charge in [0.15, 0.2) is 32.6 Å². The molecule has 0 heterocycles. The molecule has 0 unspecified atom stereocenters. The lowest BCUT2D eigenvalue weighted by atomic mass is 9.82. The molecule has 0 amide bonds. The second kappa shape index (κ2) is 6.23. The Morgan fingerprint density at radius 3 is 1.97 bits per heavy atom. The summed E-state index contributed by atoms with van der Waals surface area (Å²) in [7, 11) is 0. The summed E-state index contributed by atoms with van der Waals surface area (Å²) in [6.07, 6.45) is 0. The molecular formula is C28H20Al2. The summed E-state index contributed by atoms with van der Waals surface area (Å²) in [6, 6.07) is 25.2. The molecule has 2 heteroatoms. The fourth-order valence-electron chi connectivity index (χ4n) is 5.06. The van der Waals surface area contributed by atoms with Crippen molar-refractivity contribution in [1.29, 1.82) is 0 Å². The summed E-state index contributed by atoms with van der Waals surface area (Å²) in [4.78, 5) is 0. The Morgan fingerprint density at radius 1 is 0.533 bits per heavy atom. The Balaban J connectivity index is 1.91. The van der Waals surface area contributed by atoms with Gasteiger partial charge in [-0.3, -0.25) is 0 Å². The molecule has 138 valence electrons. The first-order valence-electron chi connectivity index (χ1n) is 10.5. The van der Waals surface area contributed by atoms with Crippen molar-refractivity contribution < 1.29 is 0 Å². The zero-order valence-corrected chi connectivity index (χ0v) is 19.8. The summed E-state index contributed by atoms with van der Waals surface area (Å²) in [5, 5.41) is 13.4. The number of hydrogen-bond donors (Lipinski definition) is 0. The van der Waals surface area contributed by atoms with Crippen LogP contribution in [-0.4, -0.2) is 32.6 Å². The highest BCUT2D eigenvalue weighted by Crippen LogP contribution is 2.40. The van der Waals surface area contributed by atoms with E-state index in [9.17, 15) is 0 Å². The maximum Gasteiger partial charge on any atom is 0.176 e.